The molecule has 0 aliphatic heterocycles. The number of aliphatic hydroxyl groups excluding tert-OH is 1. The molecule has 25 heavy (non-hydrogen) atoms. The van der Waals surface area contributed by atoms with Gasteiger partial charge in [-0.3, -0.25) is 9.89 Å². The Morgan fingerprint density at radius 1 is 1.32 bits per heavy atom. The van der Waals surface area contributed by atoms with Gasteiger partial charge in [-0.1, -0.05) is 12.1 Å². The number of nitrogens with one attached hydrogen (secondary N) is 1. The van der Waals surface area contributed by atoms with Gasteiger partial charge in [-0.25, -0.2) is 0 Å². The Hall–Kier alpha value is -2.34. The van der Waals surface area contributed by atoms with E-state index in [2.05, 4.69) is 10.2 Å². The summed E-state index contributed by atoms with van der Waals surface area (Å²) in [5.74, 6) is 1.09. The van der Waals surface area contributed by atoms with E-state index in [1.165, 1.54) is 0 Å². The number of nitrogens with zero attached hydrogens (tertiary/aromatic N) is 2. The molecule has 0 atom stereocenters. The number of hydrogen-bond donors (Lipinski definition) is 2. The molecule has 1 heterocycles. The number of methoxy groups -OCH3 is 1. The largest absolute Gasteiger partial charge is 0.497 e. The Bertz CT molecular complexity index is 720. The first-order valence-electron chi connectivity index (χ1n) is 8.70. The summed E-state index contributed by atoms with van der Waals surface area (Å²) < 4.78 is 5.24. The Kier molecular flexibility index (Phi) is 5.38. The molecular formula is C19H25N3O3. The van der Waals surface area contributed by atoms with Crippen LogP contribution in [0.2, 0.25) is 0 Å². The van der Waals surface area contributed by atoms with Crippen molar-refractivity contribution < 1.29 is 14.6 Å². The Balaban J connectivity index is 1.70. The molecule has 1 aromatic heterocycles. The fourth-order valence-electron chi connectivity index (χ4n) is 3.43. The fourth-order valence-corrected chi connectivity index (χ4v) is 3.43. The van der Waals surface area contributed by atoms with Crippen LogP contribution in [0, 0.1) is 5.92 Å². The standard InChI is InChI=1S/C19H25N3O3/c1-22(15-8-6-13(12-23)7-9-15)19(24)18-11-17(20-21-18)14-4-3-5-16(10-14)25-2/h3-5,10-11,13,15,23H,6-9,12H2,1-2H3,(H,20,21). The second-order valence-electron chi connectivity index (χ2n) is 6.67. The topological polar surface area (TPSA) is 78.5 Å². The smallest absolute Gasteiger partial charge is 0.271 e. The van der Waals surface area contributed by atoms with Crippen molar-refractivity contribution >= 4 is 5.91 Å². The minimum atomic E-state index is -0.0471. The molecule has 1 amide bonds. The molecule has 0 saturated heterocycles. The monoisotopic (exact) mass is 343 g/mol. The number of ether oxygens (including phenoxy) is 1. The van der Waals surface area contributed by atoms with Gasteiger partial charge in [0.25, 0.3) is 5.91 Å². The first-order chi connectivity index (χ1) is 12.1. The maximum Gasteiger partial charge on any atom is 0.271 e. The van der Waals surface area contributed by atoms with Gasteiger partial charge in [0.2, 0.25) is 0 Å². The molecule has 1 aliphatic rings. The number of carbonyl (C=O) groups excluding carboxylic acids is 1. The second kappa shape index (κ2) is 7.70. The lowest BCUT2D eigenvalue weighted by Crippen LogP contribution is -2.40. The van der Waals surface area contributed by atoms with Crippen molar-refractivity contribution in [2.75, 3.05) is 20.8 Å². The molecule has 3 rings (SSSR count). The molecule has 1 fully saturated rings. The van der Waals surface area contributed by atoms with Crippen molar-refractivity contribution in [3.63, 3.8) is 0 Å². The lowest BCUT2D eigenvalue weighted by molar-refractivity contribution is 0.0647. The zero-order valence-electron chi connectivity index (χ0n) is 14.7. The number of H-pyrrole nitrogens is 1. The van der Waals surface area contributed by atoms with Crippen LogP contribution in [0.1, 0.15) is 36.2 Å². The van der Waals surface area contributed by atoms with Crippen LogP contribution in [0.25, 0.3) is 11.3 Å². The van der Waals surface area contributed by atoms with Crippen LogP contribution in [0.4, 0.5) is 0 Å². The van der Waals surface area contributed by atoms with E-state index in [1.807, 2.05) is 31.3 Å². The van der Waals surface area contributed by atoms with Crippen molar-refractivity contribution in [1.29, 1.82) is 0 Å². The van der Waals surface area contributed by atoms with Gasteiger partial charge in [0.15, 0.2) is 0 Å². The predicted octanol–water partition coefficient (Wildman–Crippen LogP) is 2.71. The normalized spacial score (nSPS) is 20.3. The summed E-state index contributed by atoms with van der Waals surface area (Å²) in [5.41, 5.74) is 2.12. The van der Waals surface area contributed by atoms with Crippen LogP contribution in [0.5, 0.6) is 5.75 Å². The van der Waals surface area contributed by atoms with Crippen molar-refractivity contribution in [1.82, 2.24) is 15.1 Å². The average molecular weight is 343 g/mol. The Morgan fingerprint density at radius 3 is 2.76 bits per heavy atom. The summed E-state index contributed by atoms with van der Waals surface area (Å²) in [7, 11) is 3.47. The highest BCUT2D eigenvalue weighted by atomic mass is 16.5. The molecular weight excluding hydrogens is 318 g/mol. The SMILES string of the molecule is COc1cccc(-c2cc(C(=O)N(C)C3CCC(CO)CC3)[nH]n2)c1. The van der Waals surface area contributed by atoms with Crippen LogP contribution in [0.3, 0.4) is 0 Å². The molecule has 6 heteroatoms. The number of rotatable bonds is 5. The van der Waals surface area contributed by atoms with E-state index in [0.717, 1.165) is 42.7 Å². The van der Waals surface area contributed by atoms with Gasteiger partial charge >= 0.3 is 0 Å². The second-order valence-corrected chi connectivity index (χ2v) is 6.67. The maximum absolute atomic E-state index is 12.7. The summed E-state index contributed by atoms with van der Waals surface area (Å²) in [4.78, 5) is 14.5. The van der Waals surface area contributed by atoms with Crippen LogP contribution in [-0.4, -0.2) is 52.9 Å². The minimum Gasteiger partial charge on any atom is -0.497 e. The van der Waals surface area contributed by atoms with E-state index in [0.29, 0.717) is 11.6 Å². The number of hydrogen-bond acceptors (Lipinski definition) is 4. The molecule has 2 aromatic rings. The van der Waals surface area contributed by atoms with Crippen molar-refractivity contribution in [2.45, 2.75) is 31.7 Å². The van der Waals surface area contributed by atoms with E-state index in [4.69, 9.17) is 4.74 Å². The Labute approximate surface area is 147 Å². The molecule has 0 radical (unpaired) electrons. The predicted molar refractivity (Wildman–Crippen MR) is 95.5 cm³/mol. The summed E-state index contributed by atoms with van der Waals surface area (Å²) in [6.07, 6.45) is 3.81. The van der Waals surface area contributed by atoms with E-state index in [-0.39, 0.29) is 18.6 Å². The lowest BCUT2D eigenvalue weighted by Gasteiger charge is -2.33. The molecule has 134 valence electrons. The number of benzene rings is 1. The molecule has 6 nitrogen and oxygen atoms in total. The van der Waals surface area contributed by atoms with Gasteiger partial charge in [0.05, 0.1) is 12.8 Å². The summed E-state index contributed by atoms with van der Waals surface area (Å²) >= 11 is 0. The summed E-state index contributed by atoms with van der Waals surface area (Å²) in [6, 6.07) is 9.61. The third-order valence-corrected chi connectivity index (χ3v) is 5.12. The number of carbonyl (C=O) groups is 1. The third-order valence-electron chi connectivity index (χ3n) is 5.12. The number of aromatic nitrogens is 2. The van der Waals surface area contributed by atoms with Crippen LogP contribution >= 0.6 is 0 Å². The van der Waals surface area contributed by atoms with Gasteiger partial charge in [-0.15, -0.1) is 0 Å². The van der Waals surface area contributed by atoms with E-state index < -0.39 is 0 Å². The molecule has 0 bridgehead atoms. The third kappa shape index (κ3) is 3.85. The van der Waals surface area contributed by atoms with Gasteiger partial charge in [0.1, 0.15) is 11.4 Å². The van der Waals surface area contributed by atoms with Crippen molar-refractivity contribution in [3.05, 3.63) is 36.0 Å². The van der Waals surface area contributed by atoms with Gasteiger partial charge in [-0.2, -0.15) is 5.10 Å². The highest BCUT2D eigenvalue weighted by Gasteiger charge is 2.27. The van der Waals surface area contributed by atoms with Gasteiger partial charge in [0, 0.05) is 25.3 Å². The quantitative estimate of drug-likeness (QED) is 0.875. The van der Waals surface area contributed by atoms with Gasteiger partial charge < -0.3 is 14.7 Å². The molecule has 2 N–H and O–H groups in total. The average Bonchev–Trinajstić information content (AvgIpc) is 3.17. The summed E-state index contributed by atoms with van der Waals surface area (Å²) in [5, 5.41) is 16.4. The number of aliphatic hydroxyl groups is 1. The number of aromatic amines is 1. The number of amides is 1. The highest BCUT2D eigenvalue weighted by Crippen LogP contribution is 2.28. The molecule has 1 saturated carbocycles. The first kappa shape index (κ1) is 17.5. The zero-order valence-corrected chi connectivity index (χ0v) is 14.7. The minimum absolute atomic E-state index is 0.0471. The Morgan fingerprint density at radius 2 is 2.08 bits per heavy atom. The van der Waals surface area contributed by atoms with Crippen molar-refractivity contribution in [3.8, 4) is 17.0 Å². The van der Waals surface area contributed by atoms with Crippen LogP contribution in [-0.2, 0) is 0 Å². The molecule has 0 unspecified atom stereocenters. The lowest BCUT2D eigenvalue weighted by atomic mass is 9.86. The van der Waals surface area contributed by atoms with Crippen LogP contribution in [0.15, 0.2) is 30.3 Å². The molecule has 0 spiro atoms. The maximum atomic E-state index is 12.7. The zero-order chi connectivity index (χ0) is 17.8. The van der Waals surface area contributed by atoms with E-state index in [9.17, 15) is 9.90 Å². The molecule has 1 aliphatic carbocycles. The van der Waals surface area contributed by atoms with E-state index >= 15 is 0 Å². The highest BCUT2D eigenvalue weighted by molar-refractivity contribution is 5.93. The summed E-state index contributed by atoms with van der Waals surface area (Å²) in [6.45, 7) is 0.245. The van der Waals surface area contributed by atoms with E-state index in [1.54, 1.807) is 18.1 Å². The van der Waals surface area contributed by atoms with Crippen LogP contribution < -0.4 is 4.74 Å². The van der Waals surface area contributed by atoms with Gasteiger partial charge in [-0.05, 0) is 49.8 Å². The fraction of sp³-hybridized carbons (Fsp3) is 0.474. The first-order valence-corrected chi connectivity index (χ1v) is 8.70. The molecule has 1 aromatic carbocycles. The van der Waals surface area contributed by atoms with Crippen molar-refractivity contribution in [2.24, 2.45) is 5.92 Å².